The number of methoxy groups -OCH3 is 1. The number of hydrogen-bond donors (Lipinski definition) is 0. The first kappa shape index (κ1) is 21.5. The number of likely N-dealkylation sites (tertiary alicyclic amines) is 1. The van der Waals surface area contributed by atoms with E-state index in [9.17, 15) is 10.1 Å². The number of amides is 1. The largest absolute Gasteiger partial charge is 0.493 e. The predicted molar refractivity (Wildman–Crippen MR) is 121 cm³/mol. The van der Waals surface area contributed by atoms with Gasteiger partial charge in [-0.05, 0) is 76.9 Å². The summed E-state index contributed by atoms with van der Waals surface area (Å²) in [6.45, 7) is 1.78. The molecule has 0 spiro atoms. The Morgan fingerprint density at radius 1 is 1.28 bits per heavy atom. The van der Waals surface area contributed by atoms with E-state index >= 15 is 0 Å². The maximum Gasteiger partial charge on any atom is 0.264 e. The molecule has 2 aromatic carbocycles. The lowest BCUT2D eigenvalue weighted by Gasteiger charge is -2.15. The molecule has 1 fully saturated rings. The Morgan fingerprint density at radius 2 is 1.97 bits per heavy atom. The van der Waals surface area contributed by atoms with Crippen LogP contribution in [-0.4, -0.2) is 31.0 Å². The first-order chi connectivity index (χ1) is 14.0. The van der Waals surface area contributed by atoms with Crippen molar-refractivity contribution in [1.82, 2.24) is 4.90 Å². The molecule has 0 radical (unpaired) electrons. The molecule has 7 heteroatoms. The average Bonchev–Trinajstić information content (AvgIpc) is 3.26. The Balaban J connectivity index is 1.82. The minimum atomic E-state index is -0.220. The number of nitrogens with zero attached hydrogens (tertiary/aromatic N) is 2. The standard InChI is InChI=1S/C22H20ClIN2O3/c1-28-20-12-16(10-17(13-25)22(27)26-8-2-3-9-26)11-19(24)21(20)29-14-15-4-6-18(23)7-5-15/h4-7,10-12H,2-3,8-9,14H2,1H3/b17-10+. The van der Waals surface area contributed by atoms with Crippen LogP contribution in [0.15, 0.2) is 42.0 Å². The van der Waals surface area contributed by atoms with Gasteiger partial charge in [-0.25, -0.2) is 0 Å². The number of carbonyl (C=O) groups is 1. The number of benzene rings is 2. The molecule has 0 unspecified atom stereocenters. The lowest BCUT2D eigenvalue weighted by Crippen LogP contribution is -2.28. The molecule has 29 heavy (non-hydrogen) atoms. The van der Waals surface area contributed by atoms with Gasteiger partial charge in [0.25, 0.3) is 5.91 Å². The number of rotatable bonds is 6. The number of carbonyl (C=O) groups excluding carboxylic acids is 1. The normalized spacial score (nSPS) is 13.9. The second-order valence-corrected chi connectivity index (χ2v) is 8.22. The molecule has 0 atom stereocenters. The molecule has 0 aliphatic carbocycles. The van der Waals surface area contributed by atoms with Crippen molar-refractivity contribution >= 4 is 46.2 Å². The van der Waals surface area contributed by atoms with Crippen molar-refractivity contribution in [2.45, 2.75) is 19.4 Å². The van der Waals surface area contributed by atoms with Gasteiger partial charge in [0.1, 0.15) is 18.2 Å². The quantitative estimate of drug-likeness (QED) is 0.302. The second kappa shape index (κ2) is 9.99. The number of nitriles is 1. The van der Waals surface area contributed by atoms with Crippen molar-refractivity contribution in [1.29, 1.82) is 5.26 Å². The topological polar surface area (TPSA) is 62.6 Å². The molecule has 2 aromatic rings. The van der Waals surface area contributed by atoms with Crippen LogP contribution in [0.4, 0.5) is 0 Å². The van der Waals surface area contributed by atoms with Crippen LogP contribution in [0.3, 0.4) is 0 Å². The van der Waals surface area contributed by atoms with Crippen LogP contribution in [0.2, 0.25) is 5.02 Å². The zero-order chi connectivity index (χ0) is 20.8. The van der Waals surface area contributed by atoms with Crippen LogP contribution in [-0.2, 0) is 11.4 Å². The van der Waals surface area contributed by atoms with Crippen LogP contribution in [0.5, 0.6) is 11.5 Å². The maximum absolute atomic E-state index is 12.5. The molecule has 0 saturated carbocycles. The second-order valence-electron chi connectivity index (χ2n) is 6.62. The monoisotopic (exact) mass is 522 g/mol. The van der Waals surface area contributed by atoms with Crippen LogP contribution in [0.25, 0.3) is 6.08 Å². The summed E-state index contributed by atoms with van der Waals surface area (Å²) in [5, 5.41) is 10.1. The van der Waals surface area contributed by atoms with Crippen molar-refractivity contribution in [3.63, 3.8) is 0 Å². The highest BCUT2D eigenvalue weighted by molar-refractivity contribution is 14.1. The van der Waals surface area contributed by atoms with E-state index in [1.165, 1.54) is 0 Å². The Morgan fingerprint density at radius 3 is 2.59 bits per heavy atom. The van der Waals surface area contributed by atoms with E-state index in [0.29, 0.717) is 41.8 Å². The van der Waals surface area contributed by atoms with Crippen molar-refractivity contribution in [3.8, 4) is 17.6 Å². The summed E-state index contributed by atoms with van der Waals surface area (Å²) in [6, 6.07) is 13.1. The van der Waals surface area contributed by atoms with E-state index in [1.807, 2.05) is 36.4 Å². The Labute approximate surface area is 189 Å². The number of hydrogen-bond acceptors (Lipinski definition) is 4. The van der Waals surface area contributed by atoms with Gasteiger partial charge in [-0.15, -0.1) is 0 Å². The third kappa shape index (κ3) is 5.43. The molecule has 0 bridgehead atoms. The van der Waals surface area contributed by atoms with Gasteiger partial charge in [0.05, 0.1) is 10.7 Å². The molecule has 5 nitrogen and oxygen atoms in total. The lowest BCUT2D eigenvalue weighted by atomic mass is 10.1. The first-order valence-electron chi connectivity index (χ1n) is 9.17. The Bertz CT molecular complexity index is 961. The van der Waals surface area contributed by atoms with E-state index in [2.05, 4.69) is 22.6 Å². The molecule has 1 aliphatic heterocycles. The number of ether oxygens (including phenoxy) is 2. The van der Waals surface area contributed by atoms with Crippen LogP contribution >= 0.6 is 34.2 Å². The highest BCUT2D eigenvalue weighted by Crippen LogP contribution is 2.35. The van der Waals surface area contributed by atoms with Crippen LogP contribution in [0.1, 0.15) is 24.0 Å². The van der Waals surface area contributed by atoms with Gasteiger partial charge in [-0.2, -0.15) is 5.26 Å². The highest BCUT2D eigenvalue weighted by atomic mass is 127. The summed E-state index contributed by atoms with van der Waals surface area (Å²) < 4.78 is 12.3. The maximum atomic E-state index is 12.5. The van der Waals surface area contributed by atoms with Gasteiger partial charge in [0.15, 0.2) is 11.5 Å². The van der Waals surface area contributed by atoms with Gasteiger partial charge in [-0.1, -0.05) is 23.7 Å². The molecule has 0 aromatic heterocycles. The van der Waals surface area contributed by atoms with Crippen molar-refractivity contribution in [2.24, 2.45) is 0 Å². The summed E-state index contributed by atoms with van der Waals surface area (Å²) in [6.07, 6.45) is 3.57. The van der Waals surface area contributed by atoms with Gasteiger partial charge in [0.2, 0.25) is 0 Å². The molecule has 0 N–H and O–H groups in total. The minimum absolute atomic E-state index is 0.125. The molecular weight excluding hydrogens is 503 g/mol. The van der Waals surface area contributed by atoms with Crippen molar-refractivity contribution in [2.75, 3.05) is 20.2 Å². The van der Waals surface area contributed by atoms with Gasteiger partial charge < -0.3 is 14.4 Å². The molecular formula is C22H20ClIN2O3. The van der Waals surface area contributed by atoms with E-state index in [1.54, 1.807) is 24.2 Å². The molecule has 3 rings (SSSR count). The first-order valence-corrected chi connectivity index (χ1v) is 10.6. The van der Waals surface area contributed by atoms with Crippen molar-refractivity contribution in [3.05, 3.63) is 61.7 Å². The van der Waals surface area contributed by atoms with E-state index in [0.717, 1.165) is 22.0 Å². The SMILES string of the molecule is COc1cc(/C=C(\C#N)C(=O)N2CCCC2)cc(I)c1OCc1ccc(Cl)cc1. The van der Waals surface area contributed by atoms with Crippen LogP contribution < -0.4 is 9.47 Å². The molecule has 1 saturated heterocycles. The minimum Gasteiger partial charge on any atom is -0.493 e. The Hall–Kier alpha value is -2.24. The molecule has 1 aliphatic rings. The fraction of sp³-hybridized carbons (Fsp3) is 0.273. The van der Waals surface area contributed by atoms with Gasteiger partial charge in [0, 0.05) is 18.1 Å². The summed E-state index contributed by atoms with van der Waals surface area (Å²) in [7, 11) is 1.56. The summed E-state index contributed by atoms with van der Waals surface area (Å²) in [5.74, 6) is 0.939. The predicted octanol–water partition coefficient (Wildman–Crippen LogP) is 5.06. The third-order valence-corrected chi connectivity index (χ3v) is 5.66. The molecule has 1 heterocycles. The van der Waals surface area contributed by atoms with Crippen LogP contribution in [0, 0.1) is 14.9 Å². The summed E-state index contributed by atoms with van der Waals surface area (Å²) >= 11 is 8.08. The highest BCUT2D eigenvalue weighted by Gasteiger charge is 2.22. The zero-order valence-corrected chi connectivity index (χ0v) is 18.9. The Kier molecular flexibility index (Phi) is 7.40. The van der Waals surface area contributed by atoms with E-state index in [4.69, 9.17) is 21.1 Å². The summed E-state index contributed by atoms with van der Waals surface area (Å²) in [4.78, 5) is 14.3. The fourth-order valence-corrected chi connectivity index (χ4v) is 4.01. The van der Waals surface area contributed by atoms with Gasteiger partial charge >= 0.3 is 0 Å². The molecule has 1 amide bonds. The van der Waals surface area contributed by atoms with E-state index in [-0.39, 0.29) is 11.5 Å². The molecule has 150 valence electrons. The third-order valence-electron chi connectivity index (χ3n) is 4.60. The number of halogens is 2. The van der Waals surface area contributed by atoms with Gasteiger partial charge in [-0.3, -0.25) is 4.79 Å². The van der Waals surface area contributed by atoms with Crippen molar-refractivity contribution < 1.29 is 14.3 Å². The van der Waals surface area contributed by atoms with E-state index < -0.39 is 0 Å². The average molecular weight is 523 g/mol. The zero-order valence-electron chi connectivity index (χ0n) is 16.0. The summed E-state index contributed by atoms with van der Waals surface area (Å²) in [5.41, 5.74) is 1.83. The fourth-order valence-electron chi connectivity index (χ4n) is 3.10. The smallest absolute Gasteiger partial charge is 0.264 e. The lowest BCUT2D eigenvalue weighted by molar-refractivity contribution is -0.125.